The molecule has 1 amide bonds. The molecule has 27 heavy (non-hydrogen) atoms. The van der Waals surface area contributed by atoms with Crippen molar-refractivity contribution >= 4 is 28.6 Å². The van der Waals surface area contributed by atoms with Crippen LogP contribution in [-0.4, -0.2) is 32.7 Å². The van der Waals surface area contributed by atoms with Crippen molar-refractivity contribution in [1.82, 2.24) is 14.8 Å². The molecular formula is C19H19FN4O3. The van der Waals surface area contributed by atoms with Crippen LogP contribution in [0.25, 0.3) is 11.0 Å². The van der Waals surface area contributed by atoms with Crippen molar-refractivity contribution < 1.29 is 18.7 Å². The molecule has 3 aromatic rings. The van der Waals surface area contributed by atoms with Crippen molar-refractivity contribution in [3.05, 3.63) is 54.1 Å². The SMILES string of the molecule is CC(C)n1ncc2cc(C(=O)O[C@H](C)C(=O)Nc3ccccc3F)cnc21. The van der Waals surface area contributed by atoms with Crippen molar-refractivity contribution in [3.8, 4) is 0 Å². The molecule has 0 saturated carbocycles. The number of aromatic nitrogens is 3. The minimum atomic E-state index is -1.11. The van der Waals surface area contributed by atoms with Gasteiger partial charge in [-0.25, -0.2) is 18.9 Å². The first-order chi connectivity index (χ1) is 12.9. The third kappa shape index (κ3) is 3.94. The summed E-state index contributed by atoms with van der Waals surface area (Å²) in [5.74, 6) is -1.89. The van der Waals surface area contributed by atoms with E-state index in [1.165, 1.54) is 31.3 Å². The average Bonchev–Trinajstić information content (AvgIpc) is 3.06. The third-order valence-corrected chi connectivity index (χ3v) is 3.94. The number of hydrogen-bond donors (Lipinski definition) is 1. The largest absolute Gasteiger partial charge is 0.449 e. The summed E-state index contributed by atoms with van der Waals surface area (Å²) in [5.41, 5.74) is 0.887. The Morgan fingerprint density at radius 2 is 1.93 bits per heavy atom. The van der Waals surface area contributed by atoms with Crippen LogP contribution >= 0.6 is 0 Å². The van der Waals surface area contributed by atoms with Crippen molar-refractivity contribution in [1.29, 1.82) is 0 Å². The van der Waals surface area contributed by atoms with Crippen molar-refractivity contribution in [2.45, 2.75) is 32.9 Å². The van der Waals surface area contributed by atoms with Gasteiger partial charge in [0.2, 0.25) is 0 Å². The summed E-state index contributed by atoms with van der Waals surface area (Å²) in [6.45, 7) is 5.37. The second kappa shape index (κ2) is 7.53. The maximum atomic E-state index is 13.6. The smallest absolute Gasteiger partial charge is 0.340 e. The molecule has 0 saturated heterocycles. The molecule has 8 heteroatoms. The third-order valence-electron chi connectivity index (χ3n) is 3.94. The van der Waals surface area contributed by atoms with Gasteiger partial charge in [-0.15, -0.1) is 0 Å². The van der Waals surface area contributed by atoms with Crippen LogP contribution < -0.4 is 5.32 Å². The lowest BCUT2D eigenvalue weighted by Gasteiger charge is -2.14. The summed E-state index contributed by atoms with van der Waals surface area (Å²) in [6.07, 6.45) is 1.89. The van der Waals surface area contributed by atoms with E-state index < -0.39 is 23.8 Å². The number of pyridine rings is 1. The number of nitrogens with one attached hydrogen (secondary N) is 1. The molecule has 0 spiro atoms. The van der Waals surface area contributed by atoms with Gasteiger partial charge in [0.05, 0.1) is 17.4 Å². The number of para-hydroxylation sites is 1. The quantitative estimate of drug-likeness (QED) is 0.696. The van der Waals surface area contributed by atoms with E-state index in [4.69, 9.17) is 4.74 Å². The molecule has 0 aliphatic heterocycles. The van der Waals surface area contributed by atoms with Crippen LogP contribution in [0.3, 0.4) is 0 Å². The van der Waals surface area contributed by atoms with Crippen LogP contribution in [0.15, 0.2) is 42.7 Å². The Hall–Kier alpha value is -3.29. The number of esters is 1. The fourth-order valence-corrected chi connectivity index (χ4v) is 2.51. The molecule has 7 nitrogen and oxygen atoms in total. The summed E-state index contributed by atoms with van der Waals surface area (Å²) in [4.78, 5) is 28.7. The predicted octanol–water partition coefficient (Wildman–Crippen LogP) is 3.34. The molecule has 0 unspecified atom stereocenters. The van der Waals surface area contributed by atoms with Crippen molar-refractivity contribution in [3.63, 3.8) is 0 Å². The highest BCUT2D eigenvalue weighted by Gasteiger charge is 2.21. The molecule has 3 rings (SSSR count). The summed E-state index contributed by atoms with van der Waals surface area (Å²) < 4.78 is 20.5. The van der Waals surface area contributed by atoms with Gasteiger partial charge < -0.3 is 10.1 Å². The van der Waals surface area contributed by atoms with Gasteiger partial charge in [0.25, 0.3) is 5.91 Å². The van der Waals surface area contributed by atoms with E-state index in [0.29, 0.717) is 11.0 Å². The van der Waals surface area contributed by atoms with E-state index in [0.717, 1.165) is 0 Å². The van der Waals surface area contributed by atoms with Crippen LogP contribution in [0.4, 0.5) is 10.1 Å². The molecule has 140 valence electrons. The molecule has 0 aliphatic carbocycles. The first-order valence-corrected chi connectivity index (χ1v) is 8.46. The molecule has 1 aromatic carbocycles. The Morgan fingerprint density at radius 1 is 1.19 bits per heavy atom. The number of carbonyl (C=O) groups is 2. The summed E-state index contributed by atoms with van der Waals surface area (Å²) in [5, 5.41) is 7.33. The summed E-state index contributed by atoms with van der Waals surface area (Å²) in [6, 6.07) is 7.50. The number of halogens is 1. The van der Waals surface area contributed by atoms with Crippen LogP contribution in [0.1, 0.15) is 37.2 Å². The van der Waals surface area contributed by atoms with E-state index in [-0.39, 0.29) is 17.3 Å². The zero-order valence-electron chi connectivity index (χ0n) is 15.1. The van der Waals surface area contributed by atoms with Gasteiger partial charge in [0.15, 0.2) is 11.8 Å². The predicted molar refractivity (Wildman–Crippen MR) is 97.8 cm³/mol. The molecule has 1 atom stereocenters. The van der Waals surface area contributed by atoms with Gasteiger partial charge >= 0.3 is 5.97 Å². The Bertz CT molecular complexity index is 1000. The van der Waals surface area contributed by atoms with E-state index in [2.05, 4.69) is 15.4 Å². The van der Waals surface area contributed by atoms with Crippen LogP contribution in [0.2, 0.25) is 0 Å². The minimum absolute atomic E-state index is 0.0228. The number of fused-ring (bicyclic) bond motifs is 1. The van der Waals surface area contributed by atoms with Gasteiger partial charge in [-0.2, -0.15) is 5.10 Å². The molecular weight excluding hydrogens is 351 g/mol. The van der Waals surface area contributed by atoms with Gasteiger partial charge in [-0.05, 0) is 39.0 Å². The lowest BCUT2D eigenvalue weighted by Crippen LogP contribution is -2.30. The van der Waals surface area contributed by atoms with Gasteiger partial charge in [-0.1, -0.05) is 12.1 Å². The molecule has 0 aliphatic rings. The Balaban J connectivity index is 1.70. The highest BCUT2D eigenvalue weighted by molar-refractivity contribution is 5.98. The normalized spacial score (nSPS) is 12.2. The minimum Gasteiger partial charge on any atom is -0.449 e. The maximum Gasteiger partial charge on any atom is 0.340 e. The number of anilines is 1. The highest BCUT2D eigenvalue weighted by Crippen LogP contribution is 2.18. The molecule has 0 bridgehead atoms. The Kier molecular flexibility index (Phi) is 5.16. The number of carbonyl (C=O) groups excluding carboxylic acids is 2. The first kappa shape index (κ1) is 18.5. The lowest BCUT2D eigenvalue weighted by molar-refractivity contribution is -0.123. The number of rotatable bonds is 5. The zero-order chi connectivity index (χ0) is 19.6. The van der Waals surface area contributed by atoms with Gasteiger partial charge in [-0.3, -0.25) is 4.79 Å². The van der Waals surface area contributed by atoms with Crippen molar-refractivity contribution in [2.75, 3.05) is 5.32 Å². The standard InChI is InChI=1S/C19H19FN4O3/c1-11(2)24-17-13(10-22-24)8-14(9-21-17)19(26)27-12(3)18(25)23-16-7-5-4-6-15(16)20/h4-12H,1-3H3,(H,23,25)/t12-/m1/s1. The fraction of sp³-hybridized carbons (Fsp3) is 0.263. The topological polar surface area (TPSA) is 86.1 Å². The average molecular weight is 370 g/mol. The molecule has 1 N–H and O–H groups in total. The number of nitrogens with zero attached hydrogens (tertiary/aromatic N) is 3. The van der Waals surface area contributed by atoms with Crippen LogP contribution in [0.5, 0.6) is 0 Å². The van der Waals surface area contributed by atoms with E-state index in [1.807, 2.05) is 13.8 Å². The van der Waals surface area contributed by atoms with E-state index in [1.54, 1.807) is 23.0 Å². The molecule has 2 aromatic heterocycles. The number of ether oxygens (including phenoxy) is 1. The summed E-state index contributed by atoms with van der Waals surface area (Å²) in [7, 11) is 0. The lowest BCUT2D eigenvalue weighted by atomic mass is 10.2. The van der Waals surface area contributed by atoms with Gasteiger partial charge in [0, 0.05) is 17.6 Å². The van der Waals surface area contributed by atoms with Crippen LogP contribution in [0, 0.1) is 5.82 Å². The molecule has 2 heterocycles. The summed E-state index contributed by atoms with van der Waals surface area (Å²) >= 11 is 0. The second-order valence-corrected chi connectivity index (χ2v) is 6.34. The maximum absolute atomic E-state index is 13.6. The van der Waals surface area contributed by atoms with Crippen molar-refractivity contribution in [2.24, 2.45) is 0 Å². The van der Waals surface area contributed by atoms with E-state index in [9.17, 15) is 14.0 Å². The number of amides is 1. The Morgan fingerprint density at radius 3 is 2.63 bits per heavy atom. The highest BCUT2D eigenvalue weighted by atomic mass is 19.1. The first-order valence-electron chi connectivity index (χ1n) is 8.46. The monoisotopic (exact) mass is 370 g/mol. The number of benzene rings is 1. The molecule has 0 radical (unpaired) electrons. The zero-order valence-corrected chi connectivity index (χ0v) is 15.1. The molecule has 0 fully saturated rings. The number of hydrogen-bond acceptors (Lipinski definition) is 5. The Labute approximate surface area is 155 Å². The second-order valence-electron chi connectivity index (χ2n) is 6.34. The van der Waals surface area contributed by atoms with Crippen LogP contribution in [-0.2, 0) is 9.53 Å². The van der Waals surface area contributed by atoms with E-state index >= 15 is 0 Å². The van der Waals surface area contributed by atoms with Gasteiger partial charge in [0.1, 0.15) is 5.82 Å². The fourth-order valence-electron chi connectivity index (χ4n) is 2.51.